The van der Waals surface area contributed by atoms with Crippen LogP contribution in [0.5, 0.6) is 0 Å². The fraction of sp³-hybridized carbons (Fsp3) is 0.267. The summed E-state index contributed by atoms with van der Waals surface area (Å²) in [6.45, 7) is 5.84. The summed E-state index contributed by atoms with van der Waals surface area (Å²) in [5.74, 6) is -1.03. The third-order valence-electron chi connectivity index (χ3n) is 2.90. The lowest BCUT2D eigenvalue weighted by atomic mass is 10.1. The summed E-state index contributed by atoms with van der Waals surface area (Å²) in [6.07, 6.45) is 1.52. The van der Waals surface area contributed by atoms with Gasteiger partial charge in [-0.3, -0.25) is 4.68 Å². The minimum Gasteiger partial charge on any atom is -0.478 e. The van der Waals surface area contributed by atoms with Crippen LogP contribution in [0.3, 0.4) is 0 Å². The highest BCUT2D eigenvalue weighted by Crippen LogP contribution is 2.25. The number of rotatable bonds is 2. The summed E-state index contributed by atoms with van der Waals surface area (Å²) < 4.78 is 1.63. The molecule has 0 bridgehead atoms. The molecule has 102 valence electrons. The number of hydrogen-bond acceptors (Lipinski definition) is 3. The van der Waals surface area contributed by atoms with Gasteiger partial charge in [-0.15, -0.1) is 0 Å². The average Bonchev–Trinajstić information content (AvgIpc) is 2.84. The van der Waals surface area contributed by atoms with Crippen molar-refractivity contribution in [2.24, 2.45) is 0 Å². The van der Waals surface area contributed by atoms with Crippen molar-refractivity contribution in [1.29, 1.82) is 5.26 Å². The number of carboxylic acid groups (broad SMARTS) is 1. The van der Waals surface area contributed by atoms with Crippen LogP contribution < -0.4 is 0 Å². The normalized spacial score (nSPS) is 11.1. The van der Waals surface area contributed by atoms with E-state index in [1.54, 1.807) is 28.9 Å². The Kier molecular flexibility index (Phi) is 3.33. The van der Waals surface area contributed by atoms with Gasteiger partial charge in [0.2, 0.25) is 0 Å². The van der Waals surface area contributed by atoms with Crippen molar-refractivity contribution in [2.75, 3.05) is 0 Å². The highest BCUT2D eigenvalue weighted by atomic mass is 16.4. The van der Waals surface area contributed by atoms with Crippen LogP contribution in [0.25, 0.3) is 11.3 Å². The number of carbonyl (C=O) groups is 1. The van der Waals surface area contributed by atoms with E-state index in [1.165, 1.54) is 6.20 Å². The van der Waals surface area contributed by atoms with Crippen LogP contribution in [0.2, 0.25) is 0 Å². The Labute approximate surface area is 117 Å². The molecule has 5 heteroatoms. The van der Waals surface area contributed by atoms with Crippen molar-refractivity contribution in [1.82, 2.24) is 9.78 Å². The summed E-state index contributed by atoms with van der Waals surface area (Å²) in [6, 6.07) is 8.82. The van der Waals surface area contributed by atoms with Crippen LogP contribution in [-0.4, -0.2) is 20.9 Å². The first-order valence-corrected chi connectivity index (χ1v) is 6.17. The highest BCUT2D eigenvalue weighted by Gasteiger charge is 2.22. The average molecular weight is 269 g/mol. The second-order valence-corrected chi connectivity index (χ2v) is 5.50. The lowest BCUT2D eigenvalue weighted by molar-refractivity contribution is 0.0697. The summed E-state index contributed by atoms with van der Waals surface area (Å²) in [4.78, 5) is 11.4. The quantitative estimate of drug-likeness (QED) is 0.909. The molecule has 0 radical (unpaired) electrons. The predicted molar refractivity (Wildman–Crippen MR) is 74.3 cm³/mol. The molecule has 0 saturated heterocycles. The van der Waals surface area contributed by atoms with Crippen LogP contribution in [0.1, 0.15) is 36.7 Å². The number of aromatic nitrogens is 2. The third kappa shape index (κ3) is 2.54. The lowest BCUT2D eigenvalue weighted by Gasteiger charge is -2.18. The monoisotopic (exact) mass is 269 g/mol. The smallest absolute Gasteiger partial charge is 0.339 e. The van der Waals surface area contributed by atoms with E-state index in [9.17, 15) is 9.90 Å². The molecule has 0 saturated carbocycles. The molecule has 2 rings (SSSR count). The summed E-state index contributed by atoms with van der Waals surface area (Å²) in [5, 5.41) is 22.6. The van der Waals surface area contributed by atoms with E-state index < -0.39 is 5.97 Å². The topological polar surface area (TPSA) is 78.9 Å². The van der Waals surface area contributed by atoms with Crippen molar-refractivity contribution in [3.05, 3.63) is 41.6 Å². The summed E-state index contributed by atoms with van der Waals surface area (Å²) in [7, 11) is 0. The minimum atomic E-state index is -1.03. The van der Waals surface area contributed by atoms with E-state index >= 15 is 0 Å². The third-order valence-corrected chi connectivity index (χ3v) is 2.90. The molecule has 0 fully saturated rings. The Morgan fingerprint density at radius 3 is 2.65 bits per heavy atom. The van der Waals surface area contributed by atoms with Gasteiger partial charge in [0.25, 0.3) is 0 Å². The van der Waals surface area contributed by atoms with Crippen molar-refractivity contribution in [3.63, 3.8) is 0 Å². The Morgan fingerprint density at radius 2 is 2.10 bits per heavy atom. The maximum absolute atomic E-state index is 11.4. The van der Waals surface area contributed by atoms with E-state index in [2.05, 4.69) is 5.10 Å². The van der Waals surface area contributed by atoms with Crippen LogP contribution >= 0.6 is 0 Å². The number of aromatic carboxylic acids is 1. The van der Waals surface area contributed by atoms with Gasteiger partial charge in [-0.1, -0.05) is 12.1 Å². The molecule has 0 unspecified atom stereocenters. The predicted octanol–water partition coefficient (Wildman–Crippen LogP) is 2.87. The first-order valence-electron chi connectivity index (χ1n) is 6.17. The van der Waals surface area contributed by atoms with Crippen molar-refractivity contribution in [2.45, 2.75) is 26.3 Å². The molecule has 1 aromatic carbocycles. The molecule has 0 aliphatic carbocycles. The molecule has 0 aliphatic heterocycles. The second kappa shape index (κ2) is 4.82. The molecule has 2 aromatic rings. The molecule has 0 spiro atoms. The maximum Gasteiger partial charge on any atom is 0.339 e. The van der Waals surface area contributed by atoms with Gasteiger partial charge in [-0.05, 0) is 32.9 Å². The number of hydrogen-bond donors (Lipinski definition) is 1. The Balaban J connectivity index is 2.63. The molecule has 1 aromatic heterocycles. The van der Waals surface area contributed by atoms with Gasteiger partial charge in [-0.25, -0.2) is 4.79 Å². The second-order valence-electron chi connectivity index (χ2n) is 5.50. The largest absolute Gasteiger partial charge is 0.478 e. The Hall–Kier alpha value is -2.61. The number of nitriles is 1. The van der Waals surface area contributed by atoms with Crippen LogP contribution in [0, 0.1) is 11.3 Å². The van der Waals surface area contributed by atoms with Gasteiger partial charge in [0.05, 0.1) is 17.2 Å². The van der Waals surface area contributed by atoms with E-state index in [4.69, 9.17) is 5.26 Å². The Morgan fingerprint density at radius 1 is 1.40 bits per heavy atom. The van der Waals surface area contributed by atoms with Gasteiger partial charge in [-0.2, -0.15) is 10.4 Å². The molecular formula is C15H15N3O2. The fourth-order valence-corrected chi connectivity index (χ4v) is 1.82. The van der Waals surface area contributed by atoms with E-state index in [1.807, 2.05) is 26.8 Å². The molecule has 0 aliphatic rings. The summed E-state index contributed by atoms with van der Waals surface area (Å²) in [5.41, 5.74) is 1.31. The van der Waals surface area contributed by atoms with Gasteiger partial charge in [0, 0.05) is 11.8 Å². The van der Waals surface area contributed by atoms with Gasteiger partial charge in [0.1, 0.15) is 11.3 Å². The number of nitrogens with zero attached hydrogens (tertiary/aromatic N) is 3. The number of carboxylic acids is 1. The molecular weight excluding hydrogens is 254 g/mol. The standard InChI is InChI=1S/C15H15N3O2/c1-15(2,3)18-9-12(14(19)20)13(17-18)11-6-4-5-10(7-11)8-16/h4-7,9H,1-3H3,(H,19,20). The van der Waals surface area contributed by atoms with E-state index in [0.29, 0.717) is 16.8 Å². The van der Waals surface area contributed by atoms with Crippen molar-refractivity contribution >= 4 is 5.97 Å². The summed E-state index contributed by atoms with van der Waals surface area (Å²) >= 11 is 0. The lowest BCUT2D eigenvalue weighted by Crippen LogP contribution is -2.22. The molecule has 5 nitrogen and oxygen atoms in total. The van der Waals surface area contributed by atoms with Gasteiger partial charge < -0.3 is 5.11 Å². The highest BCUT2D eigenvalue weighted by molar-refractivity contribution is 5.94. The zero-order valence-electron chi connectivity index (χ0n) is 11.6. The first-order chi connectivity index (χ1) is 9.32. The van der Waals surface area contributed by atoms with Crippen molar-refractivity contribution < 1.29 is 9.90 Å². The zero-order chi connectivity index (χ0) is 14.9. The molecule has 1 N–H and O–H groups in total. The van der Waals surface area contributed by atoms with Crippen LogP contribution in [0.4, 0.5) is 0 Å². The number of benzene rings is 1. The van der Waals surface area contributed by atoms with Gasteiger partial charge in [0.15, 0.2) is 0 Å². The molecule has 0 atom stereocenters. The van der Waals surface area contributed by atoms with Gasteiger partial charge >= 0.3 is 5.97 Å². The fourth-order valence-electron chi connectivity index (χ4n) is 1.82. The van der Waals surface area contributed by atoms with Crippen LogP contribution in [-0.2, 0) is 5.54 Å². The van der Waals surface area contributed by atoms with E-state index in [-0.39, 0.29) is 11.1 Å². The molecule has 1 heterocycles. The minimum absolute atomic E-state index is 0.134. The first kappa shape index (κ1) is 13.8. The Bertz CT molecular complexity index is 703. The maximum atomic E-state index is 11.4. The van der Waals surface area contributed by atoms with E-state index in [0.717, 1.165) is 0 Å². The SMILES string of the molecule is CC(C)(C)n1cc(C(=O)O)c(-c2cccc(C#N)c2)n1. The van der Waals surface area contributed by atoms with Crippen LogP contribution in [0.15, 0.2) is 30.5 Å². The van der Waals surface area contributed by atoms with Crippen molar-refractivity contribution in [3.8, 4) is 17.3 Å². The molecule has 20 heavy (non-hydrogen) atoms. The zero-order valence-corrected chi connectivity index (χ0v) is 11.6. The molecule has 0 amide bonds.